The van der Waals surface area contributed by atoms with E-state index in [9.17, 15) is 8.42 Å². The molecule has 0 bridgehead atoms. The van der Waals surface area contributed by atoms with Crippen molar-refractivity contribution in [3.05, 3.63) is 12.2 Å². The summed E-state index contributed by atoms with van der Waals surface area (Å²) in [6.07, 6.45) is 5.46. The summed E-state index contributed by atoms with van der Waals surface area (Å²) in [7, 11) is -3.30. The SMILES string of the molecule is CS(=O)(=O)OCC[C@@H]1C=CCO1. The fourth-order valence-corrected chi connectivity index (χ4v) is 1.34. The van der Waals surface area contributed by atoms with E-state index in [1.807, 2.05) is 12.2 Å². The van der Waals surface area contributed by atoms with Crippen molar-refractivity contribution < 1.29 is 17.3 Å². The van der Waals surface area contributed by atoms with Crippen molar-refractivity contribution >= 4 is 10.1 Å². The first-order valence-electron chi connectivity index (χ1n) is 3.70. The van der Waals surface area contributed by atoms with Crippen molar-refractivity contribution in [2.24, 2.45) is 0 Å². The molecule has 0 fully saturated rings. The van der Waals surface area contributed by atoms with Gasteiger partial charge in [-0.15, -0.1) is 0 Å². The molecule has 1 aliphatic rings. The Kier molecular flexibility index (Phi) is 3.25. The lowest BCUT2D eigenvalue weighted by Gasteiger charge is -2.06. The van der Waals surface area contributed by atoms with Crippen molar-refractivity contribution in [2.45, 2.75) is 12.5 Å². The monoisotopic (exact) mass is 192 g/mol. The fraction of sp³-hybridized carbons (Fsp3) is 0.714. The average molecular weight is 192 g/mol. The Morgan fingerprint density at radius 3 is 2.92 bits per heavy atom. The molecule has 0 unspecified atom stereocenters. The van der Waals surface area contributed by atoms with Crippen LogP contribution in [-0.4, -0.2) is 34.0 Å². The highest BCUT2D eigenvalue weighted by atomic mass is 32.2. The Morgan fingerprint density at radius 1 is 1.67 bits per heavy atom. The zero-order chi connectivity index (χ0) is 9.03. The molecule has 4 nitrogen and oxygen atoms in total. The van der Waals surface area contributed by atoms with Gasteiger partial charge in [0.2, 0.25) is 0 Å². The molecule has 70 valence electrons. The summed E-state index contributed by atoms with van der Waals surface area (Å²) in [5.41, 5.74) is 0. The van der Waals surface area contributed by atoms with Crippen LogP contribution in [0.3, 0.4) is 0 Å². The van der Waals surface area contributed by atoms with E-state index < -0.39 is 10.1 Å². The Hall–Kier alpha value is -0.390. The van der Waals surface area contributed by atoms with Gasteiger partial charge in [0.15, 0.2) is 0 Å². The Balaban J connectivity index is 2.14. The Bertz CT molecular complexity index is 255. The quantitative estimate of drug-likeness (QED) is 0.475. The molecule has 0 amide bonds. The maximum absolute atomic E-state index is 10.5. The van der Waals surface area contributed by atoms with E-state index in [0.717, 1.165) is 6.26 Å². The minimum absolute atomic E-state index is 0.0201. The van der Waals surface area contributed by atoms with Gasteiger partial charge in [-0.05, 0) is 0 Å². The van der Waals surface area contributed by atoms with Crippen LogP contribution in [0.5, 0.6) is 0 Å². The maximum Gasteiger partial charge on any atom is 0.264 e. The summed E-state index contributed by atoms with van der Waals surface area (Å²) in [5, 5.41) is 0. The zero-order valence-electron chi connectivity index (χ0n) is 6.89. The minimum Gasteiger partial charge on any atom is -0.370 e. The molecule has 0 radical (unpaired) electrons. The summed E-state index contributed by atoms with van der Waals surface area (Å²) in [6, 6.07) is 0. The molecule has 0 aromatic carbocycles. The van der Waals surface area contributed by atoms with Crippen LogP contribution in [0.4, 0.5) is 0 Å². The first-order valence-corrected chi connectivity index (χ1v) is 5.52. The predicted molar refractivity (Wildman–Crippen MR) is 44.3 cm³/mol. The van der Waals surface area contributed by atoms with E-state index in [0.29, 0.717) is 13.0 Å². The van der Waals surface area contributed by atoms with E-state index in [2.05, 4.69) is 4.18 Å². The van der Waals surface area contributed by atoms with Gasteiger partial charge >= 0.3 is 0 Å². The molecule has 0 saturated heterocycles. The van der Waals surface area contributed by atoms with Crippen LogP contribution in [0, 0.1) is 0 Å². The molecule has 0 N–H and O–H groups in total. The molecule has 0 aromatic rings. The van der Waals surface area contributed by atoms with Crippen LogP contribution in [0.25, 0.3) is 0 Å². The van der Waals surface area contributed by atoms with Gasteiger partial charge in [0.1, 0.15) is 0 Å². The second-order valence-electron chi connectivity index (χ2n) is 2.61. The summed E-state index contributed by atoms with van der Waals surface area (Å²) < 4.78 is 30.8. The third-order valence-corrected chi connectivity index (χ3v) is 2.05. The molecule has 0 saturated carbocycles. The highest BCUT2D eigenvalue weighted by Crippen LogP contribution is 2.07. The van der Waals surface area contributed by atoms with Gasteiger partial charge in [-0.25, -0.2) is 0 Å². The molecule has 1 atom stereocenters. The lowest BCUT2D eigenvalue weighted by atomic mass is 10.3. The molecule has 1 rings (SSSR count). The standard InChI is InChI=1S/C7H12O4S/c1-12(8,9)11-6-4-7-3-2-5-10-7/h2-3,7H,4-6H2,1H3/t7-/m0/s1. The molecular weight excluding hydrogens is 180 g/mol. The predicted octanol–water partition coefficient (Wildman–Crippen LogP) is 0.308. The second-order valence-corrected chi connectivity index (χ2v) is 4.26. The second kappa shape index (κ2) is 4.02. The maximum atomic E-state index is 10.5. The average Bonchev–Trinajstić information content (AvgIpc) is 2.36. The van der Waals surface area contributed by atoms with Crippen LogP contribution >= 0.6 is 0 Å². The smallest absolute Gasteiger partial charge is 0.264 e. The van der Waals surface area contributed by atoms with Crippen LogP contribution in [0.1, 0.15) is 6.42 Å². The largest absolute Gasteiger partial charge is 0.370 e. The third-order valence-electron chi connectivity index (χ3n) is 1.46. The summed E-state index contributed by atoms with van der Waals surface area (Å²) >= 11 is 0. The van der Waals surface area contributed by atoms with E-state index in [1.54, 1.807) is 0 Å². The van der Waals surface area contributed by atoms with Gasteiger partial charge in [0.25, 0.3) is 10.1 Å². The number of ether oxygens (including phenoxy) is 1. The van der Waals surface area contributed by atoms with Crippen LogP contribution in [0.15, 0.2) is 12.2 Å². The molecule has 0 aromatic heterocycles. The molecule has 0 aliphatic carbocycles. The highest BCUT2D eigenvalue weighted by molar-refractivity contribution is 7.85. The summed E-state index contributed by atoms with van der Waals surface area (Å²) in [5.74, 6) is 0. The topological polar surface area (TPSA) is 52.6 Å². The highest BCUT2D eigenvalue weighted by Gasteiger charge is 2.10. The first kappa shape index (κ1) is 9.70. The first-order chi connectivity index (χ1) is 5.58. The fourth-order valence-electron chi connectivity index (χ4n) is 0.937. The lowest BCUT2D eigenvalue weighted by molar-refractivity contribution is 0.108. The molecular formula is C7H12O4S. The molecule has 1 aliphatic heterocycles. The number of hydrogen-bond acceptors (Lipinski definition) is 4. The van der Waals surface area contributed by atoms with Gasteiger partial charge in [0.05, 0.1) is 25.6 Å². The van der Waals surface area contributed by atoms with Crippen molar-refractivity contribution in [3.63, 3.8) is 0 Å². The van der Waals surface area contributed by atoms with Gasteiger partial charge < -0.3 is 4.74 Å². The third kappa shape index (κ3) is 3.85. The van der Waals surface area contributed by atoms with Gasteiger partial charge in [-0.1, -0.05) is 12.2 Å². The molecule has 5 heteroatoms. The van der Waals surface area contributed by atoms with Crippen LogP contribution in [0.2, 0.25) is 0 Å². The normalized spacial score (nSPS) is 23.2. The van der Waals surface area contributed by atoms with Crippen molar-refractivity contribution in [3.8, 4) is 0 Å². The minimum atomic E-state index is -3.30. The molecule has 12 heavy (non-hydrogen) atoms. The van der Waals surface area contributed by atoms with E-state index in [-0.39, 0.29) is 12.7 Å². The molecule has 0 spiro atoms. The van der Waals surface area contributed by atoms with Gasteiger partial charge in [-0.3, -0.25) is 4.18 Å². The molecule has 1 heterocycles. The number of rotatable bonds is 4. The van der Waals surface area contributed by atoms with Crippen molar-refractivity contribution in [2.75, 3.05) is 19.5 Å². The lowest BCUT2D eigenvalue weighted by Crippen LogP contribution is -2.11. The Labute approximate surface area is 72.3 Å². The van der Waals surface area contributed by atoms with Crippen LogP contribution < -0.4 is 0 Å². The van der Waals surface area contributed by atoms with E-state index >= 15 is 0 Å². The zero-order valence-corrected chi connectivity index (χ0v) is 7.71. The van der Waals surface area contributed by atoms with E-state index in [1.165, 1.54) is 0 Å². The van der Waals surface area contributed by atoms with E-state index in [4.69, 9.17) is 4.74 Å². The number of hydrogen-bond donors (Lipinski definition) is 0. The van der Waals surface area contributed by atoms with Gasteiger partial charge in [0, 0.05) is 6.42 Å². The summed E-state index contributed by atoms with van der Waals surface area (Å²) in [6.45, 7) is 0.803. The van der Waals surface area contributed by atoms with Crippen LogP contribution in [-0.2, 0) is 19.0 Å². The van der Waals surface area contributed by atoms with Crippen molar-refractivity contribution in [1.82, 2.24) is 0 Å². The Morgan fingerprint density at radius 2 is 2.42 bits per heavy atom. The van der Waals surface area contributed by atoms with Gasteiger partial charge in [-0.2, -0.15) is 8.42 Å². The summed E-state index contributed by atoms with van der Waals surface area (Å²) in [4.78, 5) is 0. The van der Waals surface area contributed by atoms with Crippen molar-refractivity contribution in [1.29, 1.82) is 0 Å².